The van der Waals surface area contributed by atoms with E-state index in [0.717, 1.165) is 38.6 Å². The molecular formula is C17H18FN3O2. The first-order valence-corrected chi connectivity index (χ1v) is 8.12. The number of likely N-dealkylation sites (tertiary alicyclic amines) is 1. The summed E-state index contributed by atoms with van der Waals surface area (Å²) in [5, 5.41) is 3.95. The highest BCUT2D eigenvalue weighted by Gasteiger charge is 2.38. The van der Waals surface area contributed by atoms with E-state index in [1.807, 2.05) is 4.90 Å². The minimum absolute atomic E-state index is 0.141. The second kappa shape index (κ2) is 5.76. The highest BCUT2D eigenvalue weighted by Crippen LogP contribution is 2.37. The first-order valence-electron chi connectivity index (χ1n) is 8.12. The van der Waals surface area contributed by atoms with E-state index in [0.29, 0.717) is 17.3 Å². The summed E-state index contributed by atoms with van der Waals surface area (Å²) >= 11 is 0. The number of nitrogens with zero attached hydrogens (tertiary/aromatic N) is 3. The molecule has 1 saturated carbocycles. The van der Waals surface area contributed by atoms with Crippen molar-refractivity contribution in [2.24, 2.45) is 5.92 Å². The van der Waals surface area contributed by atoms with Crippen molar-refractivity contribution in [2.75, 3.05) is 6.54 Å². The van der Waals surface area contributed by atoms with E-state index in [9.17, 15) is 9.18 Å². The molecule has 6 heteroatoms. The molecule has 1 aromatic carbocycles. The van der Waals surface area contributed by atoms with Gasteiger partial charge in [-0.05, 0) is 37.8 Å². The molecule has 2 aromatic rings. The maximum absolute atomic E-state index is 13.3. The van der Waals surface area contributed by atoms with Gasteiger partial charge in [-0.25, -0.2) is 4.39 Å². The maximum Gasteiger partial charge on any atom is 0.249 e. The van der Waals surface area contributed by atoms with E-state index in [-0.39, 0.29) is 23.7 Å². The largest absolute Gasteiger partial charge is 0.337 e. The van der Waals surface area contributed by atoms with Crippen LogP contribution in [0.1, 0.15) is 44.0 Å². The van der Waals surface area contributed by atoms with Crippen LogP contribution in [0.15, 0.2) is 28.8 Å². The average Bonchev–Trinajstić information content (AvgIpc) is 3.14. The fourth-order valence-corrected chi connectivity index (χ4v) is 3.29. The van der Waals surface area contributed by atoms with Crippen LogP contribution in [0.4, 0.5) is 4.39 Å². The standard InChI is InChI=1S/C17H18FN3O2/c18-13-7-2-6-12(10-13)15-19-16(23-20-15)14-8-3-9-21(14)17(22)11-4-1-5-11/h2,6-7,10-11,14H,1,3-5,8-9H2/t14-/m1/s1. The zero-order valence-corrected chi connectivity index (χ0v) is 12.7. The van der Waals surface area contributed by atoms with Crippen LogP contribution >= 0.6 is 0 Å². The molecular weight excluding hydrogens is 297 g/mol. The van der Waals surface area contributed by atoms with Gasteiger partial charge in [0.1, 0.15) is 11.9 Å². The predicted molar refractivity (Wildman–Crippen MR) is 80.7 cm³/mol. The van der Waals surface area contributed by atoms with Crippen molar-refractivity contribution in [3.8, 4) is 11.4 Å². The lowest BCUT2D eigenvalue weighted by Crippen LogP contribution is -2.38. The third kappa shape index (κ3) is 2.62. The molecule has 1 aliphatic carbocycles. The lowest BCUT2D eigenvalue weighted by molar-refractivity contribution is -0.139. The Labute approximate surface area is 133 Å². The van der Waals surface area contributed by atoms with Gasteiger partial charge in [-0.1, -0.05) is 23.7 Å². The van der Waals surface area contributed by atoms with Crippen molar-refractivity contribution in [3.05, 3.63) is 36.0 Å². The molecule has 1 aliphatic heterocycles. The molecule has 1 atom stereocenters. The van der Waals surface area contributed by atoms with Crippen LogP contribution in [0.3, 0.4) is 0 Å². The van der Waals surface area contributed by atoms with Gasteiger partial charge in [0.15, 0.2) is 0 Å². The monoisotopic (exact) mass is 315 g/mol. The van der Waals surface area contributed by atoms with Gasteiger partial charge in [-0.3, -0.25) is 4.79 Å². The summed E-state index contributed by atoms with van der Waals surface area (Å²) in [6, 6.07) is 5.96. The van der Waals surface area contributed by atoms with Gasteiger partial charge in [-0.15, -0.1) is 0 Å². The molecule has 1 saturated heterocycles. The Kier molecular flexibility index (Phi) is 3.59. The lowest BCUT2D eigenvalue weighted by atomic mass is 9.84. The molecule has 0 unspecified atom stereocenters. The van der Waals surface area contributed by atoms with Crippen molar-refractivity contribution < 1.29 is 13.7 Å². The first kappa shape index (κ1) is 14.4. The lowest BCUT2D eigenvalue weighted by Gasteiger charge is -2.31. The van der Waals surface area contributed by atoms with E-state index in [4.69, 9.17) is 4.52 Å². The molecule has 2 heterocycles. The number of carbonyl (C=O) groups is 1. The van der Waals surface area contributed by atoms with E-state index in [1.54, 1.807) is 12.1 Å². The van der Waals surface area contributed by atoms with Gasteiger partial charge in [0.2, 0.25) is 17.6 Å². The highest BCUT2D eigenvalue weighted by molar-refractivity contribution is 5.80. The normalized spacial score (nSPS) is 21.4. The number of benzene rings is 1. The predicted octanol–water partition coefficient (Wildman–Crippen LogP) is 3.34. The zero-order valence-electron chi connectivity index (χ0n) is 12.7. The number of halogens is 1. The third-order valence-electron chi connectivity index (χ3n) is 4.80. The minimum Gasteiger partial charge on any atom is -0.337 e. The van der Waals surface area contributed by atoms with E-state index < -0.39 is 0 Å². The summed E-state index contributed by atoms with van der Waals surface area (Å²) in [6.45, 7) is 0.748. The fraction of sp³-hybridized carbons (Fsp3) is 0.471. The van der Waals surface area contributed by atoms with Crippen LogP contribution in [-0.2, 0) is 4.79 Å². The first-order chi connectivity index (χ1) is 11.2. The number of rotatable bonds is 3. The van der Waals surface area contributed by atoms with Crippen LogP contribution in [0.2, 0.25) is 0 Å². The van der Waals surface area contributed by atoms with Crippen LogP contribution < -0.4 is 0 Å². The van der Waals surface area contributed by atoms with Gasteiger partial charge in [0.05, 0.1) is 0 Å². The summed E-state index contributed by atoms with van der Waals surface area (Å²) in [4.78, 5) is 18.8. The van der Waals surface area contributed by atoms with Crippen LogP contribution in [0.25, 0.3) is 11.4 Å². The Hall–Kier alpha value is -2.24. The van der Waals surface area contributed by atoms with E-state index in [1.165, 1.54) is 12.1 Å². The molecule has 5 nitrogen and oxygen atoms in total. The maximum atomic E-state index is 13.3. The van der Waals surface area contributed by atoms with Crippen molar-refractivity contribution >= 4 is 5.91 Å². The summed E-state index contributed by atoms with van der Waals surface area (Å²) in [5.41, 5.74) is 0.579. The Bertz CT molecular complexity index is 726. The number of carbonyl (C=O) groups excluding carboxylic acids is 1. The summed E-state index contributed by atoms with van der Waals surface area (Å²) < 4.78 is 18.7. The van der Waals surface area contributed by atoms with Gasteiger partial charge in [0.25, 0.3) is 0 Å². The van der Waals surface area contributed by atoms with Crippen molar-refractivity contribution in [3.63, 3.8) is 0 Å². The van der Waals surface area contributed by atoms with E-state index >= 15 is 0 Å². The van der Waals surface area contributed by atoms with Gasteiger partial charge >= 0.3 is 0 Å². The quantitative estimate of drug-likeness (QED) is 0.871. The Morgan fingerprint density at radius 1 is 1.26 bits per heavy atom. The van der Waals surface area contributed by atoms with Gasteiger partial charge in [0, 0.05) is 18.0 Å². The number of aromatic nitrogens is 2. The zero-order chi connectivity index (χ0) is 15.8. The second-order valence-electron chi connectivity index (χ2n) is 6.28. The molecule has 0 bridgehead atoms. The summed E-state index contributed by atoms with van der Waals surface area (Å²) in [7, 11) is 0. The summed E-state index contributed by atoms with van der Waals surface area (Å²) in [5.74, 6) is 0.860. The Morgan fingerprint density at radius 2 is 2.13 bits per heavy atom. The molecule has 120 valence electrons. The molecule has 1 aromatic heterocycles. The Balaban J connectivity index is 1.56. The molecule has 4 rings (SSSR count). The van der Waals surface area contributed by atoms with Crippen LogP contribution in [0.5, 0.6) is 0 Å². The topological polar surface area (TPSA) is 59.2 Å². The second-order valence-corrected chi connectivity index (χ2v) is 6.28. The van der Waals surface area contributed by atoms with Gasteiger partial charge < -0.3 is 9.42 Å². The molecule has 2 aliphatic rings. The van der Waals surface area contributed by atoms with Crippen molar-refractivity contribution in [1.29, 1.82) is 0 Å². The smallest absolute Gasteiger partial charge is 0.249 e. The number of hydrogen-bond donors (Lipinski definition) is 0. The SMILES string of the molecule is O=C(C1CCC1)N1CCC[C@@H]1c1nc(-c2cccc(F)c2)no1. The number of hydrogen-bond acceptors (Lipinski definition) is 4. The van der Waals surface area contributed by atoms with E-state index in [2.05, 4.69) is 10.1 Å². The highest BCUT2D eigenvalue weighted by atomic mass is 19.1. The third-order valence-corrected chi connectivity index (χ3v) is 4.80. The molecule has 0 spiro atoms. The van der Waals surface area contributed by atoms with Crippen molar-refractivity contribution in [2.45, 2.75) is 38.1 Å². The van der Waals surface area contributed by atoms with Crippen LogP contribution in [0, 0.1) is 11.7 Å². The fourth-order valence-electron chi connectivity index (χ4n) is 3.29. The molecule has 0 radical (unpaired) electrons. The molecule has 2 fully saturated rings. The molecule has 23 heavy (non-hydrogen) atoms. The molecule has 0 N–H and O–H groups in total. The Morgan fingerprint density at radius 3 is 2.87 bits per heavy atom. The van der Waals surface area contributed by atoms with Crippen LogP contribution in [-0.4, -0.2) is 27.5 Å². The van der Waals surface area contributed by atoms with Crippen molar-refractivity contribution in [1.82, 2.24) is 15.0 Å². The number of amides is 1. The average molecular weight is 315 g/mol. The molecule has 1 amide bonds. The minimum atomic E-state index is -0.337. The van der Waals surface area contributed by atoms with Gasteiger partial charge in [-0.2, -0.15) is 4.98 Å². The summed E-state index contributed by atoms with van der Waals surface area (Å²) in [6.07, 6.45) is 4.89.